The van der Waals surface area contributed by atoms with E-state index in [0.717, 1.165) is 10.9 Å². The first kappa shape index (κ1) is 17.4. The zero-order chi connectivity index (χ0) is 18.6. The highest BCUT2D eigenvalue weighted by Gasteiger charge is 2.64. The molecule has 1 fully saturated rings. The van der Waals surface area contributed by atoms with Gasteiger partial charge in [-0.25, -0.2) is 9.97 Å². The minimum Gasteiger partial charge on any atom is -0.392 e. The number of aromatic amines is 1. The number of aliphatic hydroxyl groups excluding tert-OH is 2. The van der Waals surface area contributed by atoms with Crippen molar-refractivity contribution in [2.75, 3.05) is 6.61 Å². The van der Waals surface area contributed by atoms with E-state index in [1.165, 1.54) is 6.92 Å². The monoisotopic (exact) mass is 358 g/mol. The first-order valence-electron chi connectivity index (χ1n) is 7.09. The molecule has 0 spiro atoms. The van der Waals surface area contributed by atoms with Gasteiger partial charge >= 0.3 is 6.18 Å². The summed E-state index contributed by atoms with van der Waals surface area (Å²) in [7, 11) is 0. The third-order valence-electron chi connectivity index (χ3n) is 4.14. The summed E-state index contributed by atoms with van der Waals surface area (Å²) in [5, 5.41) is 19.5. The van der Waals surface area contributed by atoms with E-state index in [0.29, 0.717) is 0 Å². The molecule has 0 radical (unpaired) electrons. The van der Waals surface area contributed by atoms with Crippen molar-refractivity contribution in [3.8, 4) is 12.3 Å². The number of rotatable bonds is 2. The fourth-order valence-electron chi connectivity index (χ4n) is 2.89. The predicted molar refractivity (Wildman–Crippen MR) is 77.2 cm³/mol. The van der Waals surface area contributed by atoms with E-state index in [1.54, 1.807) is 0 Å². The van der Waals surface area contributed by atoms with Gasteiger partial charge in [-0.15, -0.1) is 6.42 Å². The minimum absolute atomic E-state index is 0.154. The maximum Gasteiger partial charge on any atom is 0.398 e. The van der Waals surface area contributed by atoms with Crippen molar-refractivity contribution in [1.29, 1.82) is 0 Å². The smallest absolute Gasteiger partial charge is 0.392 e. The molecule has 134 valence electrons. The third kappa shape index (κ3) is 2.50. The van der Waals surface area contributed by atoms with Crippen molar-refractivity contribution < 1.29 is 28.1 Å². The van der Waals surface area contributed by atoms with Gasteiger partial charge in [0.25, 0.3) is 5.56 Å². The van der Waals surface area contributed by atoms with Crippen molar-refractivity contribution in [1.82, 2.24) is 19.5 Å². The number of H-pyrrole nitrogens is 1. The van der Waals surface area contributed by atoms with Crippen LogP contribution in [-0.4, -0.2) is 54.2 Å². The second kappa shape index (κ2) is 5.55. The Hall–Kier alpha value is -2.42. The average Bonchev–Trinajstić information content (AvgIpc) is 3.06. The van der Waals surface area contributed by atoms with Crippen LogP contribution in [0.4, 0.5) is 13.2 Å². The van der Waals surface area contributed by atoms with E-state index in [1.807, 2.05) is 5.92 Å². The highest BCUT2D eigenvalue weighted by Crippen LogP contribution is 2.49. The Labute approximate surface area is 138 Å². The van der Waals surface area contributed by atoms with E-state index in [9.17, 15) is 28.2 Å². The van der Waals surface area contributed by atoms with E-state index in [2.05, 4.69) is 15.0 Å². The molecule has 3 N–H and O–H groups in total. The van der Waals surface area contributed by atoms with Crippen LogP contribution >= 0.6 is 0 Å². The lowest BCUT2D eigenvalue weighted by molar-refractivity contribution is -0.210. The van der Waals surface area contributed by atoms with E-state index in [4.69, 9.17) is 11.2 Å². The Bertz CT molecular complexity index is 915. The van der Waals surface area contributed by atoms with Crippen molar-refractivity contribution in [2.45, 2.75) is 31.0 Å². The van der Waals surface area contributed by atoms with Gasteiger partial charge in [0, 0.05) is 0 Å². The van der Waals surface area contributed by atoms with E-state index in [-0.39, 0.29) is 17.0 Å². The summed E-state index contributed by atoms with van der Waals surface area (Å²) in [6, 6.07) is 0. The Morgan fingerprint density at radius 1 is 1.56 bits per heavy atom. The number of alkyl halides is 3. The lowest BCUT2D eigenvalue weighted by Gasteiger charge is -2.25. The number of aryl methyl sites for hydroxylation is 1. The van der Waals surface area contributed by atoms with Gasteiger partial charge in [0.1, 0.15) is 17.8 Å². The van der Waals surface area contributed by atoms with Gasteiger partial charge in [0.15, 0.2) is 23.0 Å². The van der Waals surface area contributed by atoms with Crippen molar-refractivity contribution in [3.05, 3.63) is 22.5 Å². The van der Waals surface area contributed by atoms with Gasteiger partial charge in [0.05, 0.1) is 12.9 Å². The molecule has 11 heteroatoms. The maximum atomic E-state index is 13.5. The summed E-state index contributed by atoms with van der Waals surface area (Å²) in [5.41, 5.74) is -3.21. The Kier molecular flexibility index (Phi) is 3.86. The van der Waals surface area contributed by atoms with Gasteiger partial charge in [-0.1, -0.05) is 5.92 Å². The van der Waals surface area contributed by atoms with E-state index >= 15 is 0 Å². The van der Waals surface area contributed by atoms with Gasteiger partial charge < -0.3 is 19.9 Å². The molecular weight excluding hydrogens is 345 g/mol. The molecule has 4 atom stereocenters. The highest BCUT2D eigenvalue weighted by molar-refractivity contribution is 5.69. The third-order valence-corrected chi connectivity index (χ3v) is 4.14. The SMILES string of the molecule is C#C[C@]1(CO)O[C@@H](n2cnc3c(=O)[nH]c(C)nc32)[C@@H](C(F)(F)F)[C@@H]1O. The van der Waals surface area contributed by atoms with Gasteiger partial charge in [-0.05, 0) is 6.92 Å². The predicted octanol–water partition coefficient (Wildman–Crippen LogP) is -0.139. The highest BCUT2D eigenvalue weighted by atomic mass is 19.4. The Balaban J connectivity index is 2.21. The Morgan fingerprint density at radius 3 is 2.80 bits per heavy atom. The number of aromatic nitrogens is 4. The second-order valence-corrected chi connectivity index (χ2v) is 5.69. The fourth-order valence-corrected chi connectivity index (χ4v) is 2.89. The number of nitrogens with zero attached hydrogens (tertiary/aromatic N) is 3. The van der Waals surface area contributed by atoms with Gasteiger partial charge in [-0.2, -0.15) is 13.2 Å². The summed E-state index contributed by atoms with van der Waals surface area (Å²) >= 11 is 0. The first-order valence-corrected chi connectivity index (χ1v) is 7.09. The summed E-state index contributed by atoms with van der Waals surface area (Å²) in [5.74, 6) is -0.393. The molecule has 1 aliphatic heterocycles. The second-order valence-electron chi connectivity index (χ2n) is 5.69. The molecule has 0 aliphatic carbocycles. The summed E-state index contributed by atoms with van der Waals surface area (Å²) in [6.45, 7) is 0.427. The summed E-state index contributed by atoms with van der Waals surface area (Å²) < 4.78 is 46.7. The van der Waals surface area contributed by atoms with Crippen LogP contribution in [0.15, 0.2) is 11.1 Å². The number of imidazole rings is 1. The van der Waals surface area contributed by atoms with Crippen LogP contribution in [0, 0.1) is 25.2 Å². The van der Waals surface area contributed by atoms with Crippen LogP contribution in [0.1, 0.15) is 12.1 Å². The number of halogens is 3. The number of aliphatic hydroxyl groups is 2. The number of ether oxygens (including phenoxy) is 1. The number of hydrogen-bond acceptors (Lipinski definition) is 6. The fraction of sp³-hybridized carbons (Fsp3) is 0.500. The van der Waals surface area contributed by atoms with Crippen LogP contribution < -0.4 is 5.56 Å². The van der Waals surface area contributed by atoms with Crippen molar-refractivity contribution in [2.24, 2.45) is 5.92 Å². The molecule has 1 saturated heterocycles. The standard InChI is InChI=1S/C14H13F3N4O4/c1-3-13(4-22)9(23)7(14(15,16)17)12(25-13)21-5-18-8-10(21)19-6(2)20-11(8)24/h1,5,7,9,12,22-23H,4H2,2H3,(H,19,20,24)/t7-,9-,12+,13+/m0/s1. The normalized spacial score (nSPS) is 29.9. The molecule has 0 unspecified atom stereocenters. The summed E-state index contributed by atoms with van der Waals surface area (Å²) in [4.78, 5) is 22.0. The van der Waals surface area contributed by atoms with Crippen LogP contribution in [0.2, 0.25) is 0 Å². The van der Waals surface area contributed by atoms with Crippen LogP contribution in [0.3, 0.4) is 0 Å². The molecule has 2 aromatic rings. The molecule has 3 heterocycles. The van der Waals surface area contributed by atoms with Crippen molar-refractivity contribution >= 4 is 11.2 Å². The largest absolute Gasteiger partial charge is 0.398 e. The number of terminal acetylenes is 1. The van der Waals surface area contributed by atoms with E-state index < -0.39 is 42.2 Å². The topological polar surface area (TPSA) is 113 Å². The molecular formula is C14H13F3N4O4. The lowest BCUT2D eigenvalue weighted by atomic mass is 9.90. The zero-order valence-corrected chi connectivity index (χ0v) is 12.8. The summed E-state index contributed by atoms with van der Waals surface area (Å²) in [6.07, 6.45) is -2.82. The molecule has 0 amide bonds. The zero-order valence-electron chi connectivity index (χ0n) is 12.8. The number of fused-ring (bicyclic) bond motifs is 1. The van der Waals surface area contributed by atoms with Gasteiger partial charge in [-0.3, -0.25) is 9.36 Å². The average molecular weight is 358 g/mol. The number of hydrogen-bond donors (Lipinski definition) is 3. The number of nitrogens with one attached hydrogen (secondary N) is 1. The van der Waals surface area contributed by atoms with Crippen LogP contribution in [0.25, 0.3) is 11.2 Å². The van der Waals surface area contributed by atoms with Gasteiger partial charge in [0.2, 0.25) is 0 Å². The lowest BCUT2D eigenvalue weighted by Crippen LogP contribution is -2.46. The molecule has 1 aliphatic rings. The van der Waals surface area contributed by atoms with Crippen LogP contribution in [-0.2, 0) is 4.74 Å². The Morgan fingerprint density at radius 2 is 2.24 bits per heavy atom. The molecule has 2 aromatic heterocycles. The minimum atomic E-state index is -4.90. The first-order chi connectivity index (χ1) is 11.6. The molecule has 0 aromatic carbocycles. The maximum absolute atomic E-state index is 13.5. The van der Waals surface area contributed by atoms with Crippen LogP contribution in [0.5, 0.6) is 0 Å². The molecule has 0 saturated carbocycles. The molecule has 25 heavy (non-hydrogen) atoms. The van der Waals surface area contributed by atoms with Crippen molar-refractivity contribution in [3.63, 3.8) is 0 Å². The molecule has 0 bridgehead atoms. The molecule has 3 rings (SSSR count). The molecule has 8 nitrogen and oxygen atoms in total. The quantitative estimate of drug-likeness (QED) is 0.644.